The fraction of sp³-hybridized carbons (Fsp3) is 0.364. The number of pyridine rings is 2. The summed E-state index contributed by atoms with van der Waals surface area (Å²) in [5.41, 5.74) is 2.82. The van der Waals surface area contributed by atoms with Gasteiger partial charge < -0.3 is 25.4 Å². The van der Waals surface area contributed by atoms with E-state index in [1.165, 1.54) is 0 Å². The van der Waals surface area contributed by atoms with Gasteiger partial charge in [-0.3, -0.25) is 0 Å². The molecule has 4 heterocycles. The molecule has 3 aromatic rings. The van der Waals surface area contributed by atoms with Crippen LogP contribution in [-0.2, 0) is 0 Å². The third-order valence-corrected chi connectivity index (χ3v) is 5.00. The van der Waals surface area contributed by atoms with Gasteiger partial charge in [-0.05, 0) is 25.2 Å². The van der Waals surface area contributed by atoms with E-state index in [1.807, 2.05) is 37.5 Å². The van der Waals surface area contributed by atoms with Crippen LogP contribution in [0.2, 0.25) is 0 Å². The zero-order chi connectivity index (χ0) is 21.5. The zero-order valence-corrected chi connectivity index (χ0v) is 17.8. The normalized spacial score (nSPS) is 13.5. The Bertz CT molecular complexity index is 997. The molecule has 0 amide bonds. The van der Waals surface area contributed by atoms with Gasteiger partial charge in [-0.25, -0.2) is 19.9 Å². The maximum absolute atomic E-state index is 5.79. The van der Waals surface area contributed by atoms with Gasteiger partial charge in [-0.2, -0.15) is 0 Å². The Balaban J connectivity index is 1.40. The first-order valence-corrected chi connectivity index (χ1v) is 10.4. The lowest BCUT2D eigenvalue weighted by molar-refractivity contribution is 0.162. The Morgan fingerprint density at radius 1 is 0.968 bits per heavy atom. The van der Waals surface area contributed by atoms with E-state index in [9.17, 15) is 0 Å². The number of nitrogens with one attached hydrogen (secondary N) is 3. The fourth-order valence-corrected chi connectivity index (χ4v) is 3.31. The molecule has 9 nitrogen and oxygen atoms in total. The van der Waals surface area contributed by atoms with Gasteiger partial charge in [0.15, 0.2) is 5.75 Å². The molecule has 1 aliphatic heterocycles. The maximum atomic E-state index is 5.79. The first-order chi connectivity index (χ1) is 15.2. The molecule has 3 aromatic heterocycles. The molecule has 0 fully saturated rings. The highest BCUT2D eigenvalue weighted by atomic mass is 16.6. The van der Waals surface area contributed by atoms with Crippen molar-refractivity contribution in [2.45, 2.75) is 12.8 Å². The summed E-state index contributed by atoms with van der Waals surface area (Å²) in [5.74, 6) is 3.08. The van der Waals surface area contributed by atoms with E-state index in [1.54, 1.807) is 12.5 Å². The Labute approximate surface area is 181 Å². The van der Waals surface area contributed by atoms with E-state index >= 15 is 0 Å². The standard InChI is InChI=1S/C22H27N7O2/c1-15(17-5-6-25-22-21(17)30-9-10-31-22)12-26-20-11-18(28-14-29-20)16-3-4-19(27-13-16)24-8-7-23-2/h3-6,11,13-15,23H,7-10,12H2,1-2H3,(H,24,27)(H,26,28,29)/t15-/m1/s1. The number of ether oxygens (including phenoxy) is 2. The van der Waals surface area contributed by atoms with Crippen LogP contribution in [0.1, 0.15) is 18.4 Å². The van der Waals surface area contributed by atoms with Gasteiger partial charge in [0.05, 0.1) is 5.69 Å². The van der Waals surface area contributed by atoms with Gasteiger partial charge in [0.1, 0.15) is 31.2 Å². The molecule has 0 radical (unpaired) electrons. The van der Waals surface area contributed by atoms with Crippen LogP contribution in [0, 0.1) is 0 Å². The van der Waals surface area contributed by atoms with Crippen molar-refractivity contribution in [1.29, 1.82) is 0 Å². The monoisotopic (exact) mass is 421 g/mol. The summed E-state index contributed by atoms with van der Waals surface area (Å²) in [4.78, 5) is 17.5. The smallest absolute Gasteiger partial charge is 0.257 e. The SMILES string of the molecule is CNCCNc1ccc(-c2cc(NC[C@@H](C)c3ccnc4c3OCCO4)ncn2)cn1. The summed E-state index contributed by atoms with van der Waals surface area (Å²) >= 11 is 0. The maximum Gasteiger partial charge on any atom is 0.257 e. The van der Waals surface area contributed by atoms with Crippen LogP contribution in [0.25, 0.3) is 11.3 Å². The van der Waals surface area contributed by atoms with E-state index in [4.69, 9.17) is 9.47 Å². The summed E-state index contributed by atoms with van der Waals surface area (Å²) in [6.07, 6.45) is 5.14. The lowest BCUT2D eigenvalue weighted by Crippen LogP contribution is -2.19. The number of hydrogen-bond acceptors (Lipinski definition) is 9. The second-order valence-electron chi connectivity index (χ2n) is 7.26. The number of likely N-dealkylation sites (N-methyl/N-ethyl adjacent to an activating group) is 1. The molecule has 0 saturated carbocycles. The lowest BCUT2D eigenvalue weighted by Gasteiger charge is -2.22. The zero-order valence-electron chi connectivity index (χ0n) is 17.8. The minimum absolute atomic E-state index is 0.182. The van der Waals surface area contributed by atoms with E-state index in [0.717, 1.165) is 47.3 Å². The molecule has 0 saturated heterocycles. The predicted octanol–water partition coefficient (Wildman–Crippen LogP) is 2.55. The van der Waals surface area contributed by atoms with Crippen molar-refractivity contribution in [2.75, 3.05) is 50.5 Å². The molecule has 4 rings (SSSR count). The molecule has 0 unspecified atom stereocenters. The average Bonchev–Trinajstić information content (AvgIpc) is 2.83. The Hall–Kier alpha value is -3.46. The molecule has 31 heavy (non-hydrogen) atoms. The summed E-state index contributed by atoms with van der Waals surface area (Å²) in [6.45, 7) is 5.58. The van der Waals surface area contributed by atoms with Gasteiger partial charge in [0, 0.05) is 55.1 Å². The van der Waals surface area contributed by atoms with Crippen LogP contribution in [-0.4, -0.2) is 59.8 Å². The van der Waals surface area contributed by atoms with Gasteiger partial charge in [0.25, 0.3) is 5.88 Å². The number of nitrogens with zero attached hydrogens (tertiary/aromatic N) is 4. The average molecular weight is 422 g/mol. The lowest BCUT2D eigenvalue weighted by atomic mass is 10.0. The van der Waals surface area contributed by atoms with Crippen molar-refractivity contribution in [3.05, 3.63) is 48.5 Å². The van der Waals surface area contributed by atoms with Crippen molar-refractivity contribution in [3.8, 4) is 22.9 Å². The van der Waals surface area contributed by atoms with Crippen molar-refractivity contribution in [1.82, 2.24) is 25.3 Å². The van der Waals surface area contributed by atoms with Crippen LogP contribution < -0.4 is 25.4 Å². The molecule has 1 aliphatic rings. The summed E-state index contributed by atoms with van der Waals surface area (Å²) in [5, 5.41) is 9.76. The van der Waals surface area contributed by atoms with Crippen LogP contribution in [0.4, 0.5) is 11.6 Å². The molecule has 9 heteroatoms. The molecular weight excluding hydrogens is 394 g/mol. The predicted molar refractivity (Wildman–Crippen MR) is 120 cm³/mol. The van der Waals surface area contributed by atoms with Crippen molar-refractivity contribution >= 4 is 11.6 Å². The van der Waals surface area contributed by atoms with Gasteiger partial charge in [0.2, 0.25) is 0 Å². The molecular formula is C22H27N7O2. The Kier molecular flexibility index (Phi) is 6.73. The quantitative estimate of drug-likeness (QED) is 0.449. The molecule has 0 spiro atoms. The van der Waals surface area contributed by atoms with Crippen LogP contribution >= 0.6 is 0 Å². The van der Waals surface area contributed by atoms with Crippen LogP contribution in [0.15, 0.2) is 43.0 Å². The van der Waals surface area contributed by atoms with Crippen LogP contribution in [0.3, 0.4) is 0 Å². The van der Waals surface area contributed by atoms with Crippen molar-refractivity contribution < 1.29 is 9.47 Å². The number of hydrogen-bond donors (Lipinski definition) is 3. The summed E-state index contributed by atoms with van der Waals surface area (Å²) in [6, 6.07) is 7.86. The molecule has 162 valence electrons. The summed E-state index contributed by atoms with van der Waals surface area (Å²) < 4.78 is 11.4. The Morgan fingerprint density at radius 3 is 2.71 bits per heavy atom. The third kappa shape index (κ3) is 5.18. The number of fused-ring (bicyclic) bond motifs is 1. The highest BCUT2D eigenvalue weighted by Crippen LogP contribution is 2.35. The molecule has 1 atom stereocenters. The van der Waals surface area contributed by atoms with Crippen molar-refractivity contribution in [2.24, 2.45) is 0 Å². The van der Waals surface area contributed by atoms with E-state index in [2.05, 4.69) is 42.8 Å². The molecule has 0 aromatic carbocycles. The van der Waals surface area contributed by atoms with Gasteiger partial charge in [-0.1, -0.05) is 6.92 Å². The Morgan fingerprint density at radius 2 is 1.87 bits per heavy atom. The highest BCUT2D eigenvalue weighted by molar-refractivity contribution is 5.62. The highest BCUT2D eigenvalue weighted by Gasteiger charge is 2.20. The second kappa shape index (κ2) is 10.0. The first kappa shape index (κ1) is 20.8. The molecule has 3 N–H and O–H groups in total. The second-order valence-corrected chi connectivity index (χ2v) is 7.26. The van der Waals surface area contributed by atoms with Gasteiger partial charge in [-0.15, -0.1) is 0 Å². The minimum atomic E-state index is 0.182. The fourth-order valence-electron chi connectivity index (χ4n) is 3.31. The number of rotatable bonds is 9. The van der Waals surface area contributed by atoms with Gasteiger partial charge >= 0.3 is 0 Å². The third-order valence-electron chi connectivity index (χ3n) is 5.00. The van der Waals surface area contributed by atoms with Crippen LogP contribution in [0.5, 0.6) is 11.6 Å². The minimum Gasteiger partial charge on any atom is -0.484 e. The topological polar surface area (TPSA) is 106 Å². The van der Waals surface area contributed by atoms with Crippen molar-refractivity contribution in [3.63, 3.8) is 0 Å². The number of anilines is 2. The largest absolute Gasteiger partial charge is 0.484 e. The van der Waals surface area contributed by atoms with E-state index < -0.39 is 0 Å². The molecule has 0 bridgehead atoms. The molecule has 0 aliphatic carbocycles. The summed E-state index contributed by atoms with van der Waals surface area (Å²) in [7, 11) is 1.92. The van der Waals surface area contributed by atoms with E-state index in [0.29, 0.717) is 25.6 Å². The first-order valence-electron chi connectivity index (χ1n) is 10.4. The van der Waals surface area contributed by atoms with E-state index in [-0.39, 0.29) is 5.92 Å². The number of aromatic nitrogens is 4.